The summed E-state index contributed by atoms with van der Waals surface area (Å²) in [6.45, 7) is 13.2. The number of aliphatic hydroxyl groups excluding tert-OH is 1. The van der Waals surface area contributed by atoms with Gasteiger partial charge in [-0.25, -0.2) is 4.99 Å². The van der Waals surface area contributed by atoms with Crippen LogP contribution in [-0.2, 0) is 11.3 Å². The van der Waals surface area contributed by atoms with Gasteiger partial charge >= 0.3 is 0 Å². The number of hydrogen-bond acceptors (Lipinski definition) is 5. The van der Waals surface area contributed by atoms with Crippen molar-refractivity contribution < 1.29 is 14.6 Å². The molecule has 1 aliphatic rings. The molecule has 1 aromatic carbocycles. The second kappa shape index (κ2) is 14.2. The summed E-state index contributed by atoms with van der Waals surface area (Å²) in [7, 11) is 0. The molecule has 0 spiro atoms. The van der Waals surface area contributed by atoms with Crippen molar-refractivity contribution >= 4 is 5.96 Å². The molecule has 0 atom stereocenters. The lowest BCUT2D eigenvalue weighted by molar-refractivity contribution is 0.0823. The predicted molar refractivity (Wildman–Crippen MR) is 122 cm³/mol. The van der Waals surface area contributed by atoms with Crippen LogP contribution in [0.25, 0.3) is 0 Å². The molecule has 2 rings (SSSR count). The molecule has 7 heteroatoms. The average molecular weight is 421 g/mol. The average Bonchev–Trinajstić information content (AvgIpc) is 2.74. The van der Waals surface area contributed by atoms with E-state index in [4.69, 9.17) is 14.5 Å². The van der Waals surface area contributed by atoms with Crippen molar-refractivity contribution in [1.82, 2.24) is 15.5 Å². The first-order chi connectivity index (χ1) is 14.6. The summed E-state index contributed by atoms with van der Waals surface area (Å²) in [6, 6.07) is 6.24. The van der Waals surface area contributed by atoms with Crippen LogP contribution in [0.3, 0.4) is 0 Å². The molecule has 1 saturated heterocycles. The first kappa shape index (κ1) is 24.4. The van der Waals surface area contributed by atoms with Gasteiger partial charge in [-0.15, -0.1) is 0 Å². The Morgan fingerprint density at radius 1 is 1.20 bits per heavy atom. The molecule has 7 nitrogen and oxygen atoms in total. The van der Waals surface area contributed by atoms with Gasteiger partial charge in [0.05, 0.1) is 19.3 Å². The summed E-state index contributed by atoms with van der Waals surface area (Å²) >= 11 is 0. The Hall–Kier alpha value is -1.83. The minimum atomic E-state index is -0.110. The van der Waals surface area contributed by atoms with E-state index in [1.807, 2.05) is 6.92 Å². The van der Waals surface area contributed by atoms with Gasteiger partial charge in [0, 0.05) is 38.3 Å². The number of ether oxygens (including phenoxy) is 2. The summed E-state index contributed by atoms with van der Waals surface area (Å²) in [5.74, 6) is 1.70. The van der Waals surface area contributed by atoms with Crippen LogP contribution in [0.2, 0.25) is 0 Å². The number of benzene rings is 1. The van der Waals surface area contributed by atoms with Gasteiger partial charge in [-0.05, 0) is 58.2 Å². The Bertz CT molecular complexity index is 631. The molecule has 170 valence electrons. The number of nitrogens with zero attached hydrogens (tertiary/aromatic N) is 2. The van der Waals surface area contributed by atoms with E-state index < -0.39 is 0 Å². The van der Waals surface area contributed by atoms with Crippen molar-refractivity contribution in [2.45, 2.75) is 52.7 Å². The zero-order valence-corrected chi connectivity index (χ0v) is 19.0. The highest BCUT2D eigenvalue weighted by atomic mass is 16.5. The second-order valence-electron chi connectivity index (χ2n) is 7.70. The fraction of sp³-hybridized carbons (Fsp3) is 0.696. The summed E-state index contributed by atoms with van der Waals surface area (Å²) in [4.78, 5) is 7.18. The molecule has 3 N–H and O–H groups in total. The maximum atomic E-state index is 9.61. The number of hydrogen-bond donors (Lipinski definition) is 3. The molecule has 0 unspecified atom stereocenters. The van der Waals surface area contributed by atoms with Crippen LogP contribution in [0.15, 0.2) is 23.2 Å². The maximum Gasteiger partial charge on any atom is 0.191 e. The molecular weight excluding hydrogens is 380 g/mol. The van der Waals surface area contributed by atoms with Gasteiger partial charge in [-0.2, -0.15) is 0 Å². The van der Waals surface area contributed by atoms with Crippen molar-refractivity contribution in [3.05, 3.63) is 29.3 Å². The summed E-state index contributed by atoms with van der Waals surface area (Å²) in [6.07, 6.45) is 2.73. The van der Waals surface area contributed by atoms with Crippen molar-refractivity contribution in [2.24, 2.45) is 4.99 Å². The lowest BCUT2D eigenvalue weighted by Gasteiger charge is -2.29. The van der Waals surface area contributed by atoms with Gasteiger partial charge in [0.1, 0.15) is 12.4 Å². The Morgan fingerprint density at radius 3 is 2.73 bits per heavy atom. The third-order valence-corrected chi connectivity index (χ3v) is 5.16. The molecule has 0 aliphatic carbocycles. The summed E-state index contributed by atoms with van der Waals surface area (Å²) < 4.78 is 11.3. The smallest absolute Gasteiger partial charge is 0.191 e. The number of rotatable bonds is 12. The molecule has 0 radical (unpaired) electrons. The van der Waals surface area contributed by atoms with E-state index in [9.17, 15) is 5.11 Å². The summed E-state index contributed by atoms with van der Waals surface area (Å²) in [5.41, 5.74) is 2.24. The van der Waals surface area contributed by atoms with Crippen LogP contribution in [-0.4, -0.2) is 74.6 Å². The Labute approximate surface area is 181 Å². The zero-order chi connectivity index (χ0) is 21.6. The lowest BCUT2D eigenvalue weighted by atomic mass is 10.1. The lowest BCUT2D eigenvalue weighted by Crippen LogP contribution is -2.40. The van der Waals surface area contributed by atoms with E-state index in [0.29, 0.717) is 26.4 Å². The minimum absolute atomic E-state index is 0.110. The number of nitrogens with one attached hydrogen (secondary N) is 2. The third-order valence-electron chi connectivity index (χ3n) is 5.16. The first-order valence-electron chi connectivity index (χ1n) is 11.3. The largest absolute Gasteiger partial charge is 0.491 e. The Kier molecular flexibility index (Phi) is 11.6. The maximum absolute atomic E-state index is 9.61. The number of guanidine groups is 1. The first-order valence-corrected chi connectivity index (χ1v) is 11.3. The third kappa shape index (κ3) is 9.32. The topological polar surface area (TPSA) is 78.4 Å². The molecule has 1 aliphatic heterocycles. The molecule has 30 heavy (non-hydrogen) atoms. The normalized spacial score (nSPS) is 15.9. The van der Waals surface area contributed by atoms with Crippen LogP contribution >= 0.6 is 0 Å². The fourth-order valence-corrected chi connectivity index (χ4v) is 3.44. The number of aryl methyl sites for hydroxylation is 1. The molecule has 1 fully saturated rings. The highest BCUT2D eigenvalue weighted by Gasteiger charge is 2.16. The van der Waals surface area contributed by atoms with Gasteiger partial charge in [0.2, 0.25) is 0 Å². The van der Waals surface area contributed by atoms with E-state index >= 15 is 0 Å². The van der Waals surface area contributed by atoms with Crippen molar-refractivity contribution in [3.8, 4) is 5.75 Å². The van der Waals surface area contributed by atoms with Gasteiger partial charge in [-0.1, -0.05) is 12.1 Å². The molecule has 0 bridgehead atoms. The van der Waals surface area contributed by atoms with E-state index in [1.165, 1.54) is 5.56 Å². The van der Waals surface area contributed by atoms with Gasteiger partial charge in [-0.3, -0.25) is 0 Å². The van der Waals surface area contributed by atoms with Gasteiger partial charge in [0.15, 0.2) is 5.96 Å². The second-order valence-corrected chi connectivity index (χ2v) is 7.70. The van der Waals surface area contributed by atoms with Gasteiger partial charge in [0.25, 0.3) is 0 Å². The van der Waals surface area contributed by atoms with Crippen LogP contribution in [0.1, 0.15) is 44.2 Å². The standard InChI is InChI=1S/C23H40N4O3/c1-4-24-23(25-11-6-12-27-13-9-21(28)10-14-27)26-18-20-8-7-19(3)17-22(20)30-16-15-29-5-2/h7-8,17,21,28H,4-6,9-16,18H2,1-3H3,(H2,24,25,26). The number of aliphatic hydroxyl groups is 1. The molecule has 1 heterocycles. The highest BCUT2D eigenvalue weighted by Crippen LogP contribution is 2.21. The van der Waals surface area contributed by atoms with Crippen LogP contribution < -0.4 is 15.4 Å². The van der Waals surface area contributed by atoms with E-state index in [-0.39, 0.29) is 6.10 Å². The SMILES string of the molecule is CCNC(=NCc1ccc(C)cc1OCCOCC)NCCCN1CCC(O)CC1. The van der Waals surface area contributed by atoms with E-state index in [1.54, 1.807) is 0 Å². The Balaban J connectivity index is 1.82. The summed E-state index contributed by atoms with van der Waals surface area (Å²) in [5, 5.41) is 16.4. The molecular formula is C23H40N4O3. The van der Waals surface area contributed by atoms with Crippen LogP contribution in [0.4, 0.5) is 0 Å². The van der Waals surface area contributed by atoms with Crippen molar-refractivity contribution in [2.75, 3.05) is 52.5 Å². The highest BCUT2D eigenvalue weighted by molar-refractivity contribution is 5.79. The quantitative estimate of drug-likeness (QED) is 0.274. The van der Waals surface area contributed by atoms with Crippen LogP contribution in [0, 0.1) is 6.92 Å². The zero-order valence-electron chi connectivity index (χ0n) is 19.0. The van der Waals surface area contributed by atoms with Gasteiger partial charge < -0.3 is 30.1 Å². The van der Waals surface area contributed by atoms with Crippen LogP contribution in [0.5, 0.6) is 5.75 Å². The monoisotopic (exact) mass is 420 g/mol. The molecule has 0 aromatic heterocycles. The van der Waals surface area contributed by atoms with E-state index in [2.05, 4.69) is 47.6 Å². The number of piperidine rings is 1. The van der Waals surface area contributed by atoms with Crippen molar-refractivity contribution in [1.29, 1.82) is 0 Å². The Morgan fingerprint density at radius 2 is 2.00 bits per heavy atom. The van der Waals surface area contributed by atoms with Crippen molar-refractivity contribution in [3.63, 3.8) is 0 Å². The predicted octanol–water partition coefficient (Wildman–Crippen LogP) is 2.31. The minimum Gasteiger partial charge on any atom is -0.491 e. The molecule has 0 saturated carbocycles. The molecule has 0 amide bonds. The van der Waals surface area contributed by atoms with E-state index in [0.717, 1.165) is 69.3 Å². The number of aliphatic imine (C=N–C) groups is 1. The number of likely N-dealkylation sites (tertiary alicyclic amines) is 1. The fourth-order valence-electron chi connectivity index (χ4n) is 3.44. The molecule has 1 aromatic rings.